The number of fused-ring (bicyclic) bond motifs is 2. The van der Waals surface area contributed by atoms with Crippen LogP contribution in [0.3, 0.4) is 0 Å². The number of rotatable bonds is 1. The number of pyridine rings is 1. The number of carbonyl (C=O) groups is 1. The molecule has 0 radical (unpaired) electrons. The van der Waals surface area contributed by atoms with Crippen molar-refractivity contribution in [3.05, 3.63) is 32.2 Å². The Balaban J connectivity index is 2.12. The first kappa shape index (κ1) is 13.8. The van der Waals surface area contributed by atoms with Crippen molar-refractivity contribution in [1.29, 1.82) is 0 Å². The zero-order valence-electron chi connectivity index (χ0n) is 11.7. The van der Waals surface area contributed by atoms with Gasteiger partial charge in [0.15, 0.2) is 0 Å². The Labute approximate surface area is 126 Å². The molecule has 2 aliphatic rings. The summed E-state index contributed by atoms with van der Waals surface area (Å²) in [7, 11) is 0. The van der Waals surface area contributed by atoms with Crippen LogP contribution < -0.4 is 10.9 Å². The van der Waals surface area contributed by atoms with E-state index in [0.717, 1.165) is 38.0 Å². The largest absolute Gasteiger partial charge is 0.327 e. The van der Waals surface area contributed by atoms with E-state index in [0.29, 0.717) is 10.2 Å². The highest BCUT2D eigenvalue weighted by Gasteiger charge is 2.46. The second-order valence-corrected chi connectivity index (χ2v) is 6.44. The molecule has 2 aliphatic heterocycles. The molecule has 20 heavy (non-hydrogen) atoms. The van der Waals surface area contributed by atoms with Crippen molar-refractivity contribution in [1.82, 2.24) is 14.8 Å². The molecule has 6 heteroatoms. The van der Waals surface area contributed by atoms with Gasteiger partial charge in [-0.2, -0.15) is 0 Å². The van der Waals surface area contributed by atoms with Gasteiger partial charge in [-0.25, -0.2) is 0 Å². The van der Waals surface area contributed by atoms with Crippen molar-refractivity contribution in [2.45, 2.75) is 32.4 Å². The molecule has 0 aliphatic carbocycles. The fourth-order valence-corrected chi connectivity index (χ4v) is 3.83. The summed E-state index contributed by atoms with van der Waals surface area (Å²) in [5, 5.41) is 3.06. The van der Waals surface area contributed by atoms with Crippen molar-refractivity contribution >= 4 is 21.8 Å². The average molecular weight is 340 g/mol. The fourth-order valence-electron chi connectivity index (χ4n) is 3.31. The Kier molecular flexibility index (Phi) is 3.25. The van der Waals surface area contributed by atoms with Crippen molar-refractivity contribution in [3.8, 4) is 0 Å². The SMILES string of the molecule is CCN1CCC2(CC1)NC(=O)c1c(C)cc(Br)c(=O)n12. The Morgan fingerprint density at radius 1 is 1.35 bits per heavy atom. The molecule has 3 rings (SSSR count). The quantitative estimate of drug-likeness (QED) is 0.842. The molecule has 3 heterocycles. The predicted molar refractivity (Wildman–Crippen MR) is 79.9 cm³/mol. The number of amides is 1. The van der Waals surface area contributed by atoms with Crippen LogP contribution in [0.1, 0.15) is 35.8 Å². The van der Waals surface area contributed by atoms with E-state index in [9.17, 15) is 9.59 Å². The van der Waals surface area contributed by atoms with E-state index < -0.39 is 5.66 Å². The van der Waals surface area contributed by atoms with Gasteiger partial charge >= 0.3 is 0 Å². The van der Waals surface area contributed by atoms with Crippen LogP contribution in [0.4, 0.5) is 0 Å². The van der Waals surface area contributed by atoms with Crippen LogP contribution >= 0.6 is 15.9 Å². The molecule has 0 unspecified atom stereocenters. The number of aromatic nitrogens is 1. The number of hydrogen-bond donors (Lipinski definition) is 1. The molecular formula is C14H18BrN3O2. The van der Waals surface area contributed by atoms with Gasteiger partial charge in [0.2, 0.25) is 0 Å². The van der Waals surface area contributed by atoms with Gasteiger partial charge in [0.05, 0.1) is 4.47 Å². The number of likely N-dealkylation sites (tertiary alicyclic amines) is 1. The first-order chi connectivity index (χ1) is 9.48. The van der Waals surface area contributed by atoms with Crippen LogP contribution in [0, 0.1) is 6.92 Å². The minimum atomic E-state index is -0.538. The summed E-state index contributed by atoms with van der Waals surface area (Å²) in [6.45, 7) is 6.80. The zero-order valence-corrected chi connectivity index (χ0v) is 13.3. The van der Waals surface area contributed by atoms with Crippen LogP contribution in [0.25, 0.3) is 0 Å². The number of halogens is 1. The highest BCUT2D eigenvalue weighted by molar-refractivity contribution is 9.10. The lowest BCUT2D eigenvalue weighted by Gasteiger charge is -2.40. The molecule has 1 spiro atoms. The molecule has 1 N–H and O–H groups in total. The van der Waals surface area contributed by atoms with Gasteiger partial charge in [-0.15, -0.1) is 0 Å². The third-order valence-electron chi connectivity index (χ3n) is 4.47. The summed E-state index contributed by atoms with van der Waals surface area (Å²) in [6.07, 6.45) is 1.55. The summed E-state index contributed by atoms with van der Waals surface area (Å²) in [4.78, 5) is 27.1. The Morgan fingerprint density at radius 2 is 2.00 bits per heavy atom. The second kappa shape index (κ2) is 4.70. The third kappa shape index (κ3) is 1.85. The maximum absolute atomic E-state index is 12.5. The number of hydrogen-bond acceptors (Lipinski definition) is 3. The molecule has 5 nitrogen and oxygen atoms in total. The Hall–Kier alpha value is -1.14. The molecule has 0 atom stereocenters. The third-order valence-corrected chi connectivity index (χ3v) is 5.04. The van der Waals surface area contributed by atoms with Crippen LogP contribution in [0.2, 0.25) is 0 Å². The number of piperidine rings is 1. The van der Waals surface area contributed by atoms with Crippen molar-refractivity contribution < 1.29 is 4.79 Å². The van der Waals surface area contributed by atoms with Gasteiger partial charge in [-0.3, -0.25) is 14.2 Å². The van der Waals surface area contributed by atoms with E-state index in [1.807, 2.05) is 6.92 Å². The molecule has 108 valence electrons. The minimum absolute atomic E-state index is 0.117. The van der Waals surface area contributed by atoms with Gasteiger partial charge in [0.25, 0.3) is 11.5 Å². The van der Waals surface area contributed by atoms with Crippen LogP contribution in [-0.2, 0) is 5.66 Å². The Morgan fingerprint density at radius 3 is 2.60 bits per heavy atom. The summed E-state index contributed by atoms with van der Waals surface area (Å²) in [6, 6.07) is 1.73. The van der Waals surface area contributed by atoms with Gasteiger partial charge in [0, 0.05) is 25.9 Å². The smallest absolute Gasteiger partial charge is 0.270 e. The van der Waals surface area contributed by atoms with Gasteiger partial charge in [-0.05, 0) is 41.0 Å². The monoisotopic (exact) mass is 339 g/mol. The number of nitrogens with zero attached hydrogens (tertiary/aromatic N) is 2. The lowest BCUT2D eigenvalue weighted by Crippen LogP contribution is -2.54. The average Bonchev–Trinajstić information content (AvgIpc) is 2.70. The Bertz CT molecular complexity index is 630. The van der Waals surface area contributed by atoms with Crippen molar-refractivity contribution in [3.63, 3.8) is 0 Å². The maximum atomic E-state index is 12.5. The van der Waals surface area contributed by atoms with E-state index in [2.05, 4.69) is 33.1 Å². The molecule has 0 aromatic carbocycles. The van der Waals surface area contributed by atoms with Gasteiger partial charge in [-0.1, -0.05) is 6.92 Å². The first-order valence-electron chi connectivity index (χ1n) is 6.96. The van der Waals surface area contributed by atoms with Crippen LogP contribution in [-0.4, -0.2) is 35.0 Å². The molecule has 1 fully saturated rings. The number of aryl methyl sites for hydroxylation is 1. The first-order valence-corrected chi connectivity index (χ1v) is 7.75. The van der Waals surface area contributed by atoms with Gasteiger partial charge < -0.3 is 10.2 Å². The maximum Gasteiger partial charge on any atom is 0.270 e. The van der Waals surface area contributed by atoms with Crippen molar-refractivity contribution in [2.75, 3.05) is 19.6 Å². The lowest BCUT2D eigenvalue weighted by molar-refractivity contribution is 0.0760. The standard InChI is InChI=1S/C14H18BrN3O2/c1-3-17-6-4-14(5-7-17)16-12(19)11-9(2)8-10(15)13(20)18(11)14/h8H,3-7H2,1-2H3,(H,16,19). The minimum Gasteiger partial charge on any atom is -0.327 e. The van der Waals surface area contributed by atoms with Gasteiger partial charge in [0.1, 0.15) is 11.4 Å². The van der Waals surface area contributed by atoms with E-state index in [-0.39, 0.29) is 11.5 Å². The lowest BCUT2D eigenvalue weighted by atomic mass is 9.97. The second-order valence-electron chi connectivity index (χ2n) is 5.58. The summed E-state index contributed by atoms with van der Waals surface area (Å²) in [5.74, 6) is -0.128. The summed E-state index contributed by atoms with van der Waals surface area (Å²) >= 11 is 3.31. The topological polar surface area (TPSA) is 54.3 Å². The van der Waals surface area contributed by atoms with E-state index in [1.165, 1.54) is 0 Å². The fraction of sp³-hybridized carbons (Fsp3) is 0.571. The molecular weight excluding hydrogens is 322 g/mol. The molecule has 0 bridgehead atoms. The van der Waals surface area contributed by atoms with Crippen molar-refractivity contribution in [2.24, 2.45) is 0 Å². The molecule has 0 saturated carbocycles. The predicted octanol–water partition coefficient (Wildman–Crippen LogP) is 1.43. The highest BCUT2D eigenvalue weighted by atomic mass is 79.9. The number of carbonyl (C=O) groups excluding carboxylic acids is 1. The molecule has 1 aromatic heterocycles. The highest BCUT2D eigenvalue weighted by Crippen LogP contribution is 2.33. The normalized spacial score (nSPS) is 21.1. The molecule has 1 aromatic rings. The summed E-state index contributed by atoms with van der Waals surface area (Å²) in [5.41, 5.74) is 0.699. The number of nitrogens with one attached hydrogen (secondary N) is 1. The molecule has 1 amide bonds. The molecule has 1 saturated heterocycles. The van der Waals surface area contributed by atoms with E-state index in [4.69, 9.17) is 0 Å². The van der Waals surface area contributed by atoms with E-state index in [1.54, 1.807) is 10.6 Å². The van der Waals surface area contributed by atoms with Crippen LogP contribution in [0.5, 0.6) is 0 Å². The zero-order chi connectivity index (χ0) is 14.5. The summed E-state index contributed by atoms with van der Waals surface area (Å²) < 4.78 is 2.20. The van der Waals surface area contributed by atoms with Crippen LogP contribution in [0.15, 0.2) is 15.3 Å². The van der Waals surface area contributed by atoms with E-state index >= 15 is 0 Å².